The molecule has 0 saturated carbocycles. The first kappa shape index (κ1) is 13.9. The summed E-state index contributed by atoms with van der Waals surface area (Å²) in [6.45, 7) is 2.66. The number of unbranched alkanes of at least 4 members (excludes halogenated alkanes) is 1. The van der Waals surface area contributed by atoms with E-state index in [1.807, 2.05) is 20.0 Å². The van der Waals surface area contributed by atoms with E-state index in [1.54, 1.807) is 12.1 Å². The lowest BCUT2D eigenvalue weighted by Gasteiger charge is -2.07. The molecule has 0 amide bonds. The van der Waals surface area contributed by atoms with E-state index in [2.05, 4.69) is 15.0 Å². The molecule has 1 heterocycles. The van der Waals surface area contributed by atoms with E-state index in [0.29, 0.717) is 12.2 Å². The normalized spacial score (nSPS) is 11.4. The van der Waals surface area contributed by atoms with Crippen LogP contribution in [0.2, 0.25) is 0 Å². The molecule has 0 radical (unpaired) electrons. The molecule has 96 valence electrons. The molecule has 1 aromatic heterocycles. The molecular weight excluding hydrogens is 238 g/mol. The lowest BCUT2D eigenvalue weighted by molar-refractivity contribution is 0.595. The monoisotopic (exact) mass is 257 g/mol. The van der Waals surface area contributed by atoms with Gasteiger partial charge in [-0.3, -0.25) is 4.72 Å². The van der Waals surface area contributed by atoms with Crippen molar-refractivity contribution in [2.24, 2.45) is 0 Å². The molecule has 0 aliphatic rings. The van der Waals surface area contributed by atoms with E-state index in [1.165, 1.54) is 0 Å². The zero-order valence-corrected chi connectivity index (χ0v) is 11.0. The summed E-state index contributed by atoms with van der Waals surface area (Å²) in [5.41, 5.74) is 0.792. The van der Waals surface area contributed by atoms with Crippen LogP contribution < -0.4 is 10.0 Å². The van der Waals surface area contributed by atoms with E-state index in [-0.39, 0.29) is 5.75 Å². The Morgan fingerprint density at radius 1 is 1.29 bits per heavy atom. The predicted octanol–water partition coefficient (Wildman–Crippen LogP) is 1.13. The van der Waals surface area contributed by atoms with Gasteiger partial charge in [-0.25, -0.2) is 13.4 Å². The number of aromatic nitrogens is 1. The highest BCUT2D eigenvalue weighted by molar-refractivity contribution is 7.92. The number of hydrogen-bond acceptors (Lipinski definition) is 4. The zero-order chi connectivity index (χ0) is 12.7. The van der Waals surface area contributed by atoms with Crippen molar-refractivity contribution in [1.82, 2.24) is 10.3 Å². The first-order valence-electron chi connectivity index (χ1n) is 5.62. The molecule has 0 aliphatic heterocycles. The first-order chi connectivity index (χ1) is 8.03. The molecule has 17 heavy (non-hydrogen) atoms. The van der Waals surface area contributed by atoms with Gasteiger partial charge < -0.3 is 5.32 Å². The molecule has 0 aromatic carbocycles. The Balaban J connectivity index is 2.49. The first-order valence-corrected chi connectivity index (χ1v) is 7.27. The minimum atomic E-state index is -3.27. The van der Waals surface area contributed by atoms with Crippen molar-refractivity contribution in [2.45, 2.75) is 19.8 Å². The van der Waals surface area contributed by atoms with Gasteiger partial charge in [-0.1, -0.05) is 6.07 Å². The number of pyridine rings is 1. The third kappa shape index (κ3) is 5.65. The molecule has 0 fully saturated rings. The van der Waals surface area contributed by atoms with E-state index in [4.69, 9.17) is 0 Å². The number of nitrogens with one attached hydrogen (secondary N) is 2. The third-order valence-corrected chi connectivity index (χ3v) is 3.58. The fraction of sp³-hybridized carbons (Fsp3) is 0.545. The minimum absolute atomic E-state index is 0.129. The Morgan fingerprint density at radius 3 is 2.71 bits per heavy atom. The van der Waals surface area contributed by atoms with E-state index < -0.39 is 10.0 Å². The van der Waals surface area contributed by atoms with E-state index in [0.717, 1.165) is 18.7 Å². The van der Waals surface area contributed by atoms with Gasteiger partial charge >= 0.3 is 0 Å². The molecule has 5 nitrogen and oxygen atoms in total. The highest BCUT2D eigenvalue weighted by atomic mass is 32.2. The Kier molecular flexibility index (Phi) is 5.37. The Bertz CT molecular complexity index is 446. The van der Waals surface area contributed by atoms with Gasteiger partial charge in [-0.2, -0.15) is 0 Å². The molecule has 1 rings (SSSR count). The molecule has 0 atom stereocenters. The second-order valence-corrected chi connectivity index (χ2v) is 5.74. The van der Waals surface area contributed by atoms with Gasteiger partial charge in [0, 0.05) is 5.69 Å². The Labute approximate surface area is 103 Å². The summed E-state index contributed by atoms with van der Waals surface area (Å²) in [6.07, 6.45) is 1.49. The molecular formula is C11H19N3O2S. The highest BCUT2D eigenvalue weighted by Crippen LogP contribution is 2.07. The maximum absolute atomic E-state index is 11.7. The van der Waals surface area contributed by atoms with Crippen LogP contribution in [-0.4, -0.2) is 32.7 Å². The van der Waals surface area contributed by atoms with Crippen molar-refractivity contribution < 1.29 is 8.42 Å². The molecule has 1 aromatic rings. The van der Waals surface area contributed by atoms with Crippen LogP contribution in [0, 0.1) is 6.92 Å². The van der Waals surface area contributed by atoms with Crippen molar-refractivity contribution in [3.63, 3.8) is 0 Å². The van der Waals surface area contributed by atoms with Crippen molar-refractivity contribution in [3.8, 4) is 0 Å². The van der Waals surface area contributed by atoms with Crippen molar-refractivity contribution in [2.75, 3.05) is 24.1 Å². The number of anilines is 1. The van der Waals surface area contributed by atoms with E-state index >= 15 is 0 Å². The fourth-order valence-electron chi connectivity index (χ4n) is 1.40. The summed E-state index contributed by atoms with van der Waals surface area (Å²) in [5, 5.41) is 2.98. The standard InChI is InChI=1S/C11H19N3O2S/c1-10-6-5-7-11(13-10)14-17(15,16)9-4-3-8-12-2/h5-7,12H,3-4,8-9H2,1-2H3,(H,13,14). The largest absolute Gasteiger partial charge is 0.320 e. The summed E-state index contributed by atoms with van der Waals surface area (Å²) in [6, 6.07) is 5.25. The number of sulfonamides is 1. The topological polar surface area (TPSA) is 71.1 Å². The molecule has 0 aliphatic carbocycles. The van der Waals surface area contributed by atoms with Crippen LogP contribution in [0.15, 0.2) is 18.2 Å². The average Bonchev–Trinajstić information content (AvgIpc) is 2.24. The van der Waals surface area contributed by atoms with Crippen molar-refractivity contribution >= 4 is 15.8 Å². The lowest BCUT2D eigenvalue weighted by Crippen LogP contribution is -2.18. The number of hydrogen-bond donors (Lipinski definition) is 2. The average molecular weight is 257 g/mol. The highest BCUT2D eigenvalue weighted by Gasteiger charge is 2.10. The molecule has 6 heteroatoms. The van der Waals surface area contributed by atoms with E-state index in [9.17, 15) is 8.42 Å². The van der Waals surface area contributed by atoms with Crippen LogP contribution in [-0.2, 0) is 10.0 Å². The van der Waals surface area contributed by atoms with Gasteiger partial charge in [0.1, 0.15) is 5.82 Å². The molecule has 0 saturated heterocycles. The second kappa shape index (κ2) is 6.56. The van der Waals surface area contributed by atoms with Crippen LogP contribution in [0.5, 0.6) is 0 Å². The van der Waals surface area contributed by atoms with Crippen LogP contribution in [0.1, 0.15) is 18.5 Å². The van der Waals surface area contributed by atoms with Gasteiger partial charge in [0.05, 0.1) is 5.75 Å². The third-order valence-electron chi connectivity index (χ3n) is 2.24. The smallest absolute Gasteiger partial charge is 0.233 e. The maximum atomic E-state index is 11.7. The van der Waals surface area contributed by atoms with Crippen molar-refractivity contribution in [3.05, 3.63) is 23.9 Å². The maximum Gasteiger partial charge on any atom is 0.233 e. The zero-order valence-electron chi connectivity index (χ0n) is 10.2. The Hall–Kier alpha value is -1.14. The number of nitrogens with zero attached hydrogens (tertiary/aromatic N) is 1. The van der Waals surface area contributed by atoms with Crippen LogP contribution in [0.25, 0.3) is 0 Å². The quantitative estimate of drug-likeness (QED) is 0.718. The van der Waals surface area contributed by atoms with Crippen molar-refractivity contribution in [1.29, 1.82) is 0 Å². The minimum Gasteiger partial charge on any atom is -0.320 e. The van der Waals surface area contributed by atoms with Gasteiger partial charge in [0.2, 0.25) is 10.0 Å². The van der Waals surface area contributed by atoms with Gasteiger partial charge in [-0.15, -0.1) is 0 Å². The SMILES string of the molecule is CNCCCCS(=O)(=O)Nc1cccc(C)n1. The molecule has 0 unspecified atom stereocenters. The Morgan fingerprint density at radius 2 is 2.06 bits per heavy atom. The molecule has 0 spiro atoms. The molecule has 2 N–H and O–H groups in total. The number of rotatable bonds is 7. The molecule has 0 bridgehead atoms. The van der Waals surface area contributed by atoms with Crippen LogP contribution in [0.3, 0.4) is 0 Å². The summed E-state index contributed by atoms with van der Waals surface area (Å²) >= 11 is 0. The summed E-state index contributed by atoms with van der Waals surface area (Å²) in [4.78, 5) is 4.10. The summed E-state index contributed by atoms with van der Waals surface area (Å²) < 4.78 is 25.9. The summed E-state index contributed by atoms with van der Waals surface area (Å²) in [5.74, 6) is 0.517. The summed E-state index contributed by atoms with van der Waals surface area (Å²) in [7, 11) is -1.42. The lowest BCUT2D eigenvalue weighted by atomic mass is 10.3. The predicted molar refractivity (Wildman–Crippen MR) is 69.5 cm³/mol. The fourth-order valence-corrected chi connectivity index (χ4v) is 2.52. The number of aryl methyl sites for hydroxylation is 1. The van der Waals surface area contributed by atoms with Gasteiger partial charge in [0.15, 0.2) is 0 Å². The van der Waals surface area contributed by atoms with Crippen LogP contribution in [0.4, 0.5) is 5.82 Å². The van der Waals surface area contributed by atoms with Crippen LogP contribution >= 0.6 is 0 Å². The van der Waals surface area contributed by atoms with Gasteiger partial charge in [0.25, 0.3) is 0 Å². The van der Waals surface area contributed by atoms with Gasteiger partial charge in [-0.05, 0) is 45.5 Å². The second-order valence-electron chi connectivity index (χ2n) is 3.90.